The summed E-state index contributed by atoms with van der Waals surface area (Å²) in [5, 5.41) is 3.28. The van der Waals surface area contributed by atoms with Gasteiger partial charge in [-0.25, -0.2) is 0 Å². The lowest BCUT2D eigenvalue weighted by atomic mass is 9.91. The normalized spacial score (nSPS) is 50.7. The first-order valence-corrected chi connectivity index (χ1v) is 3.75. The molecule has 0 radical (unpaired) electrons. The molecule has 2 saturated heterocycles. The minimum atomic E-state index is 0.338. The van der Waals surface area contributed by atoms with E-state index < -0.39 is 0 Å². The molecule has 2 unspecified atom stereocenters. The molecule has 0 aromatic heterocycles. The predicted octanol–water partition coefficient (Wildman–Crippen LogP) is -0.00530. The van der Waals surface area contributed by atoms with Crippen LogP contribution in [0.25, 0.3) is 0 Å². The van der Waals surface area contributed by atoms with E-state index in [1.807, 2.05) is 0 Å². The van der Waals surface area contributed by atoms with E-state index in [4.69, 9.17) is 4.74 Å². The molecule has 1 aliphatic carbocycles. The Morgan fingerprint density at radius 2 is 2.33 bits per heavy atom. The minimum Gasteiger partial charge on any atom is -0.372 e. The third-order valence-electron chi connectivity index (χ3n) is 3.03. The number of hydrogen-bond acceptors (Lipinski definition) is 2. The molecule has 1 N–H and O–H groups in total. The van der Waals surface area contributed by atoms with Crippen molar-refractivity contribution < 1.29 is 4.74 Å². The van der Waals surface area contributed by atoms with E-state index in [-0.39, 0.29) is 0 Å². The number of ether oxygens (including phenoxy) is 1. The average molecular weight is 125 g/mol. The van der Waals surface area contributed by atoms with Crippen LogP contribution in [0.5, 0.6) is 0 Å². The Balaban J connectivity index is 1.90. The van der Waals surface area contributed by atoms with E-state index in [0.717, 1.165) is 31.5 Å². The van der Waals surface area contributed by atoms with Gasteiger partial charge in [0.15, 0.2) is 0 Å². The molecule has 2 heteroatoms. The van der Waals surface area contributed by atoms with E-state index in [1.165, 1.54) is 6.42 Å². The molecule has 3 aliphatic rings. The van der Waals surface area contributed by atoms with Gasteiger partial charge in [-0.2, -0.15) is 0 Å². The second-order valence-electron chi connectivity index (χ2n) is 3.58. The summed E-state index contributed by atoms with van der Waals surface area (Å²) in [6.07, 6.45) is 1.45. The molecule has 3 fully saturated rings. The highest BCUT2D eigenvalue weighted by Gasteiger charge is 2.61. The summed E-state index contributed by atoms with van der Waals surface area (Å²) in [6, 6.07) is 0. The Hall–Kier alpha value is -0.0800. The van der Waals surface area contributed by atoms with Gasteiger partial charge in [0, 0.05) is 13.1 Å². The third-order valence-corrected chi connectivity index (χ3v) is 3.03. The summed E-state index contributed by atoms with van der Waals surface area (Å²) < 4.78 is 5.68. The van der Waals surface area contributed by atoms with Crippen molar-refractivity contribution in [2.45, 2.75) is 12.0 Å². The molecule has 0 aromatic rings. The van der Waals surface area contributed by atoms with Crippen molar-refractivity contribution >= 4 is 0 Å². The average Bonchev–Trinajstić information content (AvgIpc) is 2.42. The lowest BCUT2D eigenvalue weighted by Gasteiger charge is -2.40. The van der Waals surface area contributed by atoms with Crippen LogP contribution in [0.4, 0.5) is 0 Å². The molecule has 50 valence electrons. The molecule has 2 nitrogen and oxygen atoms in total. The van der Waals surface area contributed by atoms with Crippen LogP contribution in [0.1, 0.15) is 6.42 Å². The highest BCUT2D eigenvalue weighted by atomic mass is 16.5. The maximum absolute atomic E-state index is 5.68. The zero-order valence-electron chi connectivity index (χ0n) is 5.39. The predicted molar refractivity (Wildman–Crippen MR) is 33.1 cm³/mol. The van der Waals surface area contributed by atoms with Gasteiger partial charge in [-0.05, 0) is 18.3 Å². The van der Waals surface area contributed by atoms with Crippen LogP contribution < -0.4 is 5.32 Å². The van der Waals surface area contributed by atoms with Crippen LogP contribution in [-0.2, 0) is 4.74 Å². The number of hydrogen-bond donors (Lipinski definition) is 1. The van der Waals surface area contributed by atoms with Gasteiger partial charge in [-0.3, -0.25) is 0 Å². The van der Waals surface area contributed by atoms with Crippen molar-refractivity contribution in [1.29, 1.82) is 0 Å². The van der Waals surface area contributed by atoms with Crippen molar-refractivity contribution in [1.82, 2.24) is 5.32 Å². The van der Waals surface area contributed by atoms with Crippen LogP contribution in [-0.4, -0.2) is 25.3 Å². The Morgan fingerprint density at radius 3 is 2.56 bits per heavy atom. The van der Waals surface area contributed by atoms with Gasteiger partial charge in [0.2, 0.25) is 0 Å². The fourth-order valence-corrected chi connectivity index (χ4v) is 2.19. The summed E-state index contributed by atoms with van der Waals surface area (Å²) in [5.74, 6) is 1.89. The summed E-state index contributed by atoms with van der Waals surface area (Å²) in [6.45, 7) is 3.29. The van der Waals surface area contributed by atoms with Gasteiger partial charge in [0.1, 0.15) is 0 Å². The van der Waals surface area contributed by atoms with E-state index in [9.17, 15) is 0 Å². The van der Waals surface area contributed by atoms with E-state index in [1.54, 1.807) is 0 Å². The zero-order valence-corrected chi connectivity index (χ0v) is 5.39. The maximum atomic E-state index is 5.68. The van der Waals surface area contributed by atoms with Crippen molar-refractivity contribution in [3.05, 3.63) is 0 Å². The van der Waals surface area contributed by atoms with Gasteiger partial charge >= 0.3 is 0 Å². The van der Waals surface area contributed by atoms with E-state index in [0.29, 0.717) is 5.60 Å². The monoisotopic (exact) mass is 125 g/mol. The summed E-state index contributed by atoms with van der Waals surface area (Å²) in [5.41, 5.74) is 0.338. The van der Waals surface area contributed by atoms with Crippen LogP contribution in [0.15, 0.2) is 0 Å². The molecule has 9 heavy (non-hydrogen) atoms. The quantitative estimate of drug-likeness (QED) is 0.492. The van der Waals surface area contributed by atoms with Gasteiger partial charge in [0.05, 0.1) is 12.2 Å². The van der Waals surface area contributed by atoms with Gasteiger partial charge < -0.3 is 10.1 Å². The second-order valence-corrected chi connectivity index (χ2v) is 3.58. The zero-order chi connectivity index (χ0) is 5.90. The number of rotatable bonds is 0. The highest BCUT2D eigenvalue weighted by molar-refractivity contribution is 5.13. The fourth-order valence-electron chi connectivity index (χ4n) is 2.19. The smallest absolute Gasteiger partial charge is 0.0961 e. The number of fused-ring (bicyclic) bond motifs is 2. The molecular weight excluding hydrogens is 114 g/mol. The summed E-state index contributed by atoms with van der Waals surface area (Å²) in [4.78, 5) is 0. The van der Waals surface area contributed by atoms with Crippen LogP contribution in [0, 0.1) is 11.8 Å². The van der Waals surface area contributed by atoms with E-state index >= 15 is 0 Å². The molecule has 0 bridgehead atoms. The Kier molecular flexibility index (Phi) is 0.616. The van der Waals surface area contributed by atoms with Crippen LogP contribution in [0.2, 0.25) is 0 Å². The first kappa shape index (κ1) is 4.69. The molecule has 2 heterocycles. The van der Waals surface area contributed by atoms with Gasteiger partial charge in [-0.1, -0.05) is 0 Å². The molecule has 2 atom stereocenters. The Bertz CT molecular complexity index is 153. The largest absolute Gasteiger partial charge is 0.372 e. The Morgan fingerprint density at radius 1 is 1.44 bits per heavy atom. The van der Waals surface area contributed by atoms with Crippen LogP contribution >= 0.6 is 0 Å². The summed E-state index contributed by atoms with van der Waals surface area (Å²) in [7, 11) is 0. The van der Waals surface area contributed by atoms with E-state index in [2.05, 4.69) is 5.32 Å². The molecule has 3 rings (SSSR count). The molecule has 0 aromatic carbocycles. The first-order valence-electron chi connectivity index (χ1n) is 3.75. The fraction of sp³-hybridized carbons (Fsp3) is 1.00. The molecule has 1 saturated carbocycles. The lowest BCUT2D eigenvalue weighted by Crippen LogP contribution is -2.61. The van der Waals surface area contributed by atoms with Crippen molar-refractivity contribution in [3.8, 4) is 0 Å². The van der Waals surface area contributed by atoms with Gasteiger partial charge in [-0.15, -0.1) is 0 Å². The molecule has 0 amide bonds. The standard InChI is InChI=1S/C7H11NO/c1-5-2-9-7(6(1)5)3-8-4-7/h5-6,8H,1-4H2. The third kappa shape index (κ3) is 0.413. The molecule has 1 spiro atoms. The lowest BCUT2D eigenvalue weighted by molar-refractivity contribution is -0.0620. The molecule has 2 aliphatic heterocycles. The number of nitrogens with one attached hydrogen (secondary N) is 1. The topological polar surface area (TPSA) is 21.3 Å². The first-order chi connectivity index (χ1) is 4.41. The Labute approximate surface area is 54.6 Å². The van der Waals surface area contributed by atoms with Crippen LogP contribution in [0.3, 0.4) is 0 Å². The summed E-state index contributed by atoms with van der Waals surface area (Å²) >= 11 is 0. The SMILES string of the molecule is C1OC2(CNC2)C2CC12. The van der Waals surface area contributed by atoms with Gasteiger partial charge in [0.25, 0.3) is 0 Å². The molecular formula is C7H11NO. The highest BCUT2D eigenvalue weighted by Crippen LogP contribution is 2.55. The van der Waals surface area contributed by atoms with Crippen molar-refractivity contribution in [3.63, 3.8) is 0 Å². The van der Waals surface area contributed by atoms with Crippen molar-refractivity contribution in [2.75, 3.05) is 19.7 Å². The van der Waals surface area contributed by atoms with Crippen molar-refractivity contribution in [2.24, 2.45) is 11.8 Å². The maximum Gasteiger partial charge on any atom is 0.0961 e. The minimum absolute atomic E-state index is 0.338. The second kappa shape index (κ2) is 1.18.